The largest absolute Gasteiger partial charge is 0.404 e. The molecule has 1 aliphatic rings. The van der Waals surface area contributed by atoms with Crippen LogP contribution in [0, 0.1) is 0 Å². The lowest BCUT2D eigenvalue weighted by atomic mass is 9.91. The Labute approximate surface area is 169 Å². The molecule has 0 radical (unpaired) electrons. The lowest BCUT2D eigenvalue weighted by molar-refractivity contribution is -0.112. The quantitative estimate of drug-likeness (QED) is 0.451. The Balaban J connectivity index is 2.27. The van der Waals surface area contributed by atoms with Crippen LogP contribution in [0.15, 0.2) is 58.2 Å². The van der Waals surface area contributed by atoms with Gasteiger partial charge in [-0.15, -0.1) is 0 Å². The maximum Gasteiger partial charge on any atom is 0.255 e. The van der Waals surface area contributed by atoms with Gasteiger partial charge in [-0.3, -0.25) is 9.79 Å². The maximum absolute atomic E-state index is 13.8. The van der Waals surface area contributed by atoms with Gasteiger partial charge in [0.2, 0.25) is 0 Å². The van der Waals surface area contributed by atoms with Crippen LogP contribution in [0.3, 0.4) is 0 Å². The van der Waals surface area contributed by atoms with Crippen LogP contribution in [0.5, 0.6) is 0 Å². The van der Waals surface area contributed by atoms with Crippen molar-refractivity contribution >= 4 is 45.0 Å². The Morgan fingerprint density at radius 2 is 2.22 bits per heavy atom. The first kappa shape index (κ1) is 21.1. The first-order valence-electron chi connectivity index (χ1n) is 7.84. The minimum Gasteiger partial charge on any atom is -0.404 e. The summed E-state index contributed by atoms with van der Waals surface area (Å²) in [6.45, 7) is 3.03. The summed E-state index contributed by atoms with van der Waals surface area (Å²) in [7, 11) is 0. The van der Waals surface area contributed by atoms with Crippen LogP contribution in [0.2, 0.25) is 5.02 Å². The molecule has 1 atom stereocenters. The highest BCUT2D eigenvalue weighted by Crippen LogP contribution is 2.33. The fourth-order valence-electron chi connectivity index (χ4n) is 2.41. The molecule has 1 aromatic rings. The highest BCUT2D eigenvalue weighted by atomic mass is 79.9. The monoisotopic (exact) mass is 456 g/mol. The van der Waals surface area contributed by atoms with Gasteiger partial charge in [0.1, 0.15) is 24.7 Å². The van der Waals surface area contributed by atoms with E-state index in [4.69, 9.17) is 27.8 Å². The van der Waals surface area contributed by atoms with Gasteiger partial charge in [-0.1, -0.05) is 18.2 Å². The zero-order valence-electron chi connectivity index (χ0n) is 14.3. The van der Waals surface area contributed by atoms with Gasteiger partial charge in [-0.2, -0.15) is 0 Å². The molecule has 0 spiro atoms. The number of hydrogen-bond donors (Lipinski definition) is 3. The van der Waals surface area contributed by atoms with Crippen LogP contribution in [-0.2, 0) is 15.1 Å². The lowest BCUT2D eigenvalue weighted by Crippen LogP contribution is -2.41. The molecule has 6 nitrogen and oxygen atoms in total. The Kier molecular flexibility index (Phi) is 7.18. The van der Waals surface area contributed by atoms with E-state index in [1.165, 1.54) is 12.3 Å². The number of nitrogens with one attached hydrogen (secondary N) is 1. The second-order valence-corrected chi connectivity index (χ2v) is 7.21. The number of halogens is 3. The molecule has 1 unspecified atom stereocenters. The number of allylic oxidation sites excluding steroid dienone is 2. The van der Waals surface area contributed by atoms with Crippen molar-refractivity contribution in [1.82, 2.24) is 0 Å². The number of rotatable bonds is 6. The third-order valence-corrected chi connectivity index (χ3v) is 4.50. The Morgan fingerprint density at radius 1 is 1.48 bits per heavy atom. The zero-order valence-corrected chi connectivity index (χ0v) is 16.7. The van der Waals surface area contributed by atoms with Gasteiger partial charge in [0.25, 0.3) is 5.91 Å². The molecule has 0 saturated heterocycles. The van der Waals surface area contributed by atoms with Crippen LogP contribution in [0.25, 0.3) is 0 Å². The normalized spacial score (nSPS) is 20.4. The summed E-state index contributed by atoms with van der Waals surface area (Å²) in [6, 6.07) is 4.69. The van der Waals surface area contributed by atoms with Crippen LogP contribution < -0.4 is 16.8 Å². The second-order valence-electron chi connectivity index (χ2n) is 5.85. The molecule has 0 aliphatic carbocycles. The number of nitrogens with zero attached hydrogens (tertiary/aromatic N) is 1. The van der Waals surface area contributed by atoms with E-state index in [1.807, 2.05) is 0 Å². The third kappa shape index (κ3) is 5.41. The van der Waals surface area contributed by atoms with Crippen LogP contribution in [0.4, 0.5) is 10.1 Å². The Bertz CT molecular complexity index is 841. The van der Waals surface area contributed by atoms with Crippen molar-refractivity contribution in [1.29, 1.82) is 0 Å². The molecule has 0 aromatic heterocycles. The van der Waals surface area contributed by atoms with Gasteiger partial charge in [-0.25, -0.2) is 4.39 Å². The molecular weight excluding hydrogens is 439 g/mol. The predicted octanol–water partition coefficient (Wildman–Crippen LogP) is 3.14. The van der Waals surface area contributed by atoms with Gasteiger partial charge in [0.15, 0.2) is 0 Å². The van der Waals surface area contributed by atoms with Crippen molar-refractivity contribution in [2.45, 2.75) is 5.54 Å². The lowest BCUT2D eigenvalue weighted by Gasteiger charge is -2.31. The molecule has 5 N–H and O–H groups in total. The molecular formula is C18H19BrClFN4O2. The predicted molar refractivity (Wildman–Crippen MR) is 110 cm³/mol. The molecule has 1 aromatic carbocycles. The Hall–Kier alpha value is -2.16. The van der Waals surface area contributed by atoms with Crippen molar-refractivity contribution in [3.05, 3.63) is 63.8 Å². The van der Waals surface area contributed by atoms with Gasteiger partial charge in [0.05, 0.1) is 6.61 Å². The van der Waals surface area contributed by atoms with E-state index < -0.39 is 18.1 Å². The molecule has 0 saturated carbocycles. The van der Waals surface area contributed by atoms with Crippen molar-refractivity contribution in [3.8, 4) is 0 Å². The summed E-state index contributed by atoms with van der Waals surface area (Å²) >= 11 is 9.34. The smallest absolute Gasteiger partial charge is 0.255 e. The summed E-state index contributed by atoms with van der Waals surface area (Å²) < 4.78 is 19.8. The highest BCUT2D eigenvalue weighted by molar-refractivity contribution is 9.11. The molecule has 0 bridgehead atoms. The SMILES string of the molecule is C=C(/C=C\C(Br)=C/N)C(=O)Nc1cc(Cl)cc(C2(CF)COCC(N)=N2)c1. The van der Waals surface area contributed by atoms with Crippen molar-refractivity contribution < 1.29 is 13.9 Å². The van der Waals surface area contributed by atoms with E-state index in [-0.39, 0.29) is 24.6 Å². The molecule has 144 valence electrons. The summed E-state index contributed by atoms with van der Waals surface area (Å²) in [5, 5.41) is 2.98. The summed E-state index contributed by atoms with van der Waals surface area (Å²) in [4.78, 5) is 16.5. The second kappa shape index (κ2) is 9.16. The zero-order chi connectivity index (χ0) is 20.0. The summed E-state index contributed by atoms with van der Waals surface area (Å²) in [6.07, 6.45) is 4.41. The molecule has 1 aliphatic heterocycles. The topological polar surface area (TPSA) is 103 Å². The van der Waals surface area contributed by atoms with E-state index >= 15 is 0 Å². The van der Waals surface area contributed by atoms with Gasteiger partial charge in [-0.05, 0) is 51.8 Å². The fourth-order valence-corrected chi connectivity index (χ4v) is 2.78. The van der Waals surface area contributed by atoms with E-state index in [0.717, 1.165) is 0 Å². The van der Waals surface area contributed by atoms with Gasteiger partial charge < -0.3 is 21.5 Å². The number of carbonyl (C=O) groups is 1. The van der Waals surface area contributed by atoms with Crippen molar-refractivity contribution in [2.75, 3.05) is 25.2 Å². The molecule has 1 amide bonds. The number of carbonyl (C=O) groups excluding carboxylic acids is 1. The number of hydrogen-bond acceptors (Lipinski definition) is 5. The standard InChI is InChI=1S/C18H19BrClFN4O2/c1-11(2-3-13(19)7-22)17(26)24-15-5-12(4-14(20)6-15)18(9-21)10-27-8-16(23)25-18/h2-7H,1,8-10,22H2,(H2,23,25)(H,24,26)/b3-2-,13-7+. The van der Waals surface area contributed by atoms with Crippen molar-refractivity contribution in [2.24, 2.45) is 16.5 Å². The number of ether oxygens (including phenoxy) is 1. The minimum atomic E-state index is -1.29. The van der Waals surface area contributed by atoms with Crippen LogP contribution >= 0.6 is 27.5 Å². The molecule has 0 fully saturated rings. The molecule has 1 heterocycles. The van der Waals surface area contributed by atoms with Crippen LogP contribution in [-0.4, -0.2) is 31.6 Å². The van der Waals surface area contributed by atoms with Gasteiger partial charge in [0, 0.05) is 27.0 Å². The van der Waals surface area contributed by atoms with Crippen LogP contribution in [0.1, 0.15) is 5.56 Å². The minimum absolute atomic E-state index is 0.0207. The number of nitrogens with two attached hydrogens (primary N) is 2. The van der Waals surface area contributed by atoms with E-state index in [9.17, 15) is 9.18 Å². The van der Waals surface area contributed by atoms with Crippen molar-refractivity contribution in [3.63, 3.8) is 0 Å². The number of benzene rings is 1. The number of anilines is 1. The highest BCUT2D eigenvalue weighted by Gasteiger charge is 2.36. The third-order valence-electron chi connectivity index (χ3n) is 3.76. The first-order chi connectivity index (χ1) is 12.8. The number of amides is 1. The first-order valence-corrected chi connectivity index (χ1v) is 9.01. The van der Waals surface area contributed by atoms with Gasteiger partial charge >= 0.3 is 0 Å². The van der Waals surface area contributed by atoms with E-state index in [1.54, 1.807) is 24.3 Å². The number of amidine groups is 1. The maximum atomic E-state index is 13.8. The summed E-state index contributed by atoms with van der Waals surface area (Å²) in [5.74, 6) is -0.254. The average Bonchev–Trinajstić information content (AvgIpc) is 2.65. The number of alkyl halides is 1. The molecule has 9 heteroatoms. The fraction of sp³-hybridized carbons (Fsp3) is 0.222. The number of aliphatic imine (C=N–C) groups is 1. The molecule has 27 heavy (non-hydrogen) atoms. The van der Waals surface area contributed by atoms with E-state index in [2.05, 4.69) is 32.8 Å². The Morgan fingerprint density at radius 3 is 2.85 bits per heavy atom. The average molecular weight is 458 g/mol. The van der Waals surface area contributed by atoms with E-state index in [0.29, 0.717) is 20.8 Å². The summed E-state index contributed by atoms with van der Waals surface area (Å²) in [5.41, 5.74) is 10.8. The molecule has 2 rings (SSSR count).